The zero-order valence-corrected chi connectivity index (χ0v) is 11.2. The summed E-state index contributed by atoms with van der Waals surface area (Å²) >= 11 is 9.02. The Hall–Kier alpha value is -1.40. The van der Waals surface area contributed by atoms with Gasteiger partial charge in [0.1, 0.15) is 5.75 Å². The molecule has 0 bridgehead atoms. The van der Waals surface area contributed by atoms with E-state index < -0.39 is 0 Å². The Morgan fingerprint density at radius 2 is 2.06 bits per heavy atom. The predicted molar refractivity (Wildman–Crippen MR) is 68.2 cm³/mol. The van der Waals surface area contributed by atoms with E-state index in [2.05, 4.69) is 30.9 Å². The number of benzene rings is 1. The lowest BCUT2D eigenvalue weighted by atomic mass is 10.2. The van der Waals surface area contributed by atoms with Crippen molar-refractivity contribution in [3.05, 3.63) is 33.5 Å². The van der Waals surface area contributed by atoms with Gasteiger partial charge in [-0.3, -0.25) is 0 Å². The van der Waals surface area contributed by atoms with E-state index in [1.54, 1.807) is 6.07 Å². The number of rotatable bonds is 2. The lowest BCUT2D eigenvalue weighted by molar-refractivity contribution is 0.437. The average Bonchev–Trinajstić information content (AvgIpc) is 2.21. The van der Waals surface area contributed by atoms with Gasteiger partial charge in [0.05, 0.1) is 0 Å². The molecule has 0 spiro atoms. The molecule has 5 nitrogen and oxygen atoms in total. The maximum Gasteiger partial charge on any atom is 0.328 e. The molecule has 0 aliphatic rings. The molecule has 0 saturated heterocycles. The number of halogens is 2. The molecule has 0 atom stereocenters. The number of ether oxygens (including phenoxy) is 1. The number of hydrogen-bond donors (Lipinski definition) is 1. The fourth-order valence-electron chi connectivity index (χ4n) is 1.22. The average molecular weight is 316 g/mol. The summed E-state index contributed by atoms with van der Waals surface area (Å²) in [4.78, 5) is 11.3. The van der Waals surface area contributed by atoms with E-state index in [1.165, 1.54) is 0 Å². The number of anilines is 1. The first-order chi connectivity index (χ1) is 8.04. The molecule has 1 aromatic heterocycles. The number of nitrogens with two attached hydrogens (primary N) is 1. The second-order valence-corrected chi connectivity index (χ2v) is 4.51. The highest BCUT2D eigenvalue weighted by molar-refractivity contribution is 9.10. The first kappa shape index (κ1) is 12.1. The number of aryl methyl sites for hydroxylation is 1. The third-order valence-corrected chi connectivity index (χ3v) is 2.61. The molecule has 0 aliphatic heterocycles. The van der Waals surface area contributed by atoms with Crippen LogP contribution in [0.3, 0.4) is 0 Å². The van der Waals surface area contributed by atoms with E-state index in [0.29, 0.717) is 5.75 Å². The summed E-state index contributed by atoms with van der Waals surface area (Å²) < 4.78 is 6.45. The molecule has 0 amide bonds. The summed E-state index contributed by atoms with van der Waals surface area (Å²) in [6.45, 7) is 1.91. The standard InChI is InChI=1S/C10H8BrClN4O/c1-5-4-6(11)2-3-7(5)17-10-15-8(12)14-9(13)16-10/h2-4H,1H3,(H2,13,14,15,16). The van der Waals surface area contributed by atoms with E-state index in [4.69, 9.17) is 22.1 Å². The Kier molecular flexibility index (Phi) is 3.44. The Bertz CT molecular complexity index is 544. The van der Waals surface area contributed by atoms with Crippen LogP contribution >= 0.6 is 27.5 Å². The number of nitrogens with zero attached hydrogens (tertiary/aromatic N) is 3. The first-order valence-electron chi connectivity index (χ1n) is 4.65. The Morgan fingerprint density at radius 3 is 2.71 bits per heavy atom. The van der Waals surface area contributed by atoms with Crippen LogP contribution < -0.4 is 10.5 Å². The number of hydrogen-bond acceptors (Lipinski definition) is 5. The van der Waals surface area contributed by atoms with Crippen molar-refractivity contribution < 1.29 is 4.74 Å². The van der Waals surface area contributed by atoms with Gasteiger partial charge in [-0.2, -0.15) is 15.0 Å². The van der Waals surface area contributed by atoms with E-state index >= 15 is 0 Å². The van der Waals surface area contributed by atoms with Gasteiger partial charge in [-0.05, 0) is 42.3 Å². The highest BCUT2D eigenvalue weighted by Crippen LogP contribution is 2.26. The Morgan fingerprint density at radius 1 is 1.29 bits per heavy atom. The minimum atomic E-state index is 0.00210. The Labute approximate surface area is 111 Å². The van der Waals surface area contributed by atoms with Gasteiger partial charge >= 0.3 is 6.01 Å². The third kappa shape index (κ3) is 3.04. The van der Waals surface area contributed by atoms with E-state index in [9.17, 15) is 0 Å². The van der Waals surface area contributed by atoms with Crippen molar-refractivity contribution in [1.29, 1.82) is 0 Å². The van der Waals surface area contributed by atoms with E-state index in [1.807, 2.05) is 19.1 Å². The molecule has 0 saturated carbocycles. The normalized spacial score (nSPS) is 10.3. The molecule has 0 fully saturated rings. The molecular weight excluding hydrogens is 307 g/mol. The fraction of sp³-hybridized carbons (Fsp3) is 0.100. The van der Waals surface area contributed by atoms with Crippen LogP contribution in [0.15, 0.2) is 22.7 Å². The molecule has 0 aliphatic carbocycles. The van der Waals surface area contributed by atoms with Crippen molar-refractivity contribution >= 4 is 33.5 Å². The lowest BCUT2D eigenvalue weighted by Crippen LogP contribution is -2.00. The van der Waals surface area contributed by atoms with Crippen molar-refractivity contribution in [2.45, 2.75) is 6.92 Å². The van der Waals surface area contributed by atoms with Crippen LogP contribution in [0.25, 0.3) is 0 Å². The maximum atomic E-state index is 5.65. The lowest BCUT2D eigenvalue weighted by Gasteiger charge is -2.07. The molecule has 1 aromatic carbocycles. The smallest absolute Gasteiger partial charge is 0.328 e. The van der Waals surface area contributed by atoms with Crippen molar-refractivity contribution in [3.63, 3.8) is 0 Å². The van der Waals surface area contributed by atoms with Crippen molar-refractivity contribution in [2.24, 2.45) is 0 Å². The largest absolute Gasteiger partial charge is 0.424 e. The predicted octanol–water partition coefficient (Wildman–Crippen LogP) is 2.97. The molecule has 7 heteroatoms. The minimum absolute atomic E-state index is 0.00210. The summed E-state index contributed by atoms with van der Waals surface area (Å²) in [6, 6.07) is 5.65. The van der Waals surface area contributed by atoms with Gasteiger partial charge in [0, 0.05) is 4.47 Å². The molecule has 17 heavy (non-hydrogen) atoms. The SMILES string of the molecule is Cc1cc(Br)ccc1Oc1nc(N)nc(Cl)n1. The highest BCUT2D eigenvalue weighted by Gasteiger charge is 2.07. The van der Waals surface area contributed by atoms with E-state index in [-0.39, 0.29) is 17.2 Å². The second kappa shape index (κ2) is 4.85. The molecule has 0 radical (unpaired) electrons. The van der Waals surface area contributed by atoms with Gasteiger partial charge in [0.2, 0.25) is 11.2 Å². The van der Waals surface area contributed by atoms with Crippen LogP contribution in [0.2, 0.25) is 5.28 Å². The van der Waals surface area contributed by atoms with Gasteiger partial charge in [-0.1, -0.05) is 15.9 Å². The summed E-state index contributed by atoms with van der Waals surface area (Å²) in [7, 11) is 0. The van der Waals surface area contributed by atoms with Crippen molar-refractivity contribution in [1.82, 2.24) is 15.0 Å². The molecule has 2 N–H and O–H groups in total. The fourth-order valence-corrected chi connectivity index (χ4v) is 1.85. The van der Waals surface area contributed by atoms with Gasteiger partial charge < -0.3 is 10.5 Å². The van der Waals surface area contributed by atoms with Crippen molar-refractivity contribution in [2.75, 3.05) is 5.73 Å². The van der Waals surface area contributed by atoms with Crippen molar-refractivity contribution in [3.8, 4) is 11.8 Å². The monoisotopic (exact) mass is 314 g/mol. The van der Waals surface area contributed by atoms with Crippen LogP contribution in [-0.2, 0) is 0 Å². The van der Waals surface area contributed by atoms with Crippen LogP contribution in [0.5, 0.6) is 11.8 Å². The molecule has 2 rings (SSSR count). The molecular formula is C10H8BrClN4O. The van der Waals surface area contributed by atoms with Crippen LogP contribution in [-0.4, -0.2) is 15.0 Å². The summed E-state index contributed by atoms with van der Waals surface area (Å²) in [5.74, 6) is 0.657. The third-order valence-electron chi connectivity index (χ3n) is 1.94. The Balaban J connectivity index is 2.31. The zero-order chi connectivity index (χ0) is 12.4. The zero-order valence-electron chi connectivity index (χ0n) is 8.82. The topological polar surface area (TPSA) is 73.9 Å². The molecule has 88 valence electrons. The minimum Gasteiger partial charge on any atom is -0.424 e. The molecule has 2 aromatic rings. The summed E-state index contributed by atoms with van der Waals surface area (Å²) in [5.41, 5.74) is 6.38. The van der Waals surface area contributed by atoms with Crippen LogP contribution in [0.1, 0.15) is 5.56 Å². The quantitative estimate of drug-likeness (QED) is 0.922. The maximum absolute atomic E-state index is 5.65. The number of aromatic nitrogens is 3. The highest BCUT2D eigenvalue weighted by atomic mass is 79.9. The van der Waals surface area contributed by atoms with Gasteiger partial charge in [0.15, 0.2) is 0 Å². The van der Waals surface area contributed by atoms with E-state index in [0.717, 1.165) is 10.0 Å². The second-order valence-electron chi connectivity index (χ2n) is 3.26. The summed E-state index contributed by atoms with van der Waals surface area (Å²) in [6.07, 6.45) is 0. The molecule has 1 heterocycles. The number of nitrogen functional groups attached to an aromatic ring is 1. The molecule has 0 unspecified atom stereocenters. The summed E-state index contributed by atoms with van der Waals surface area (Å²) in [5, 5.41) is 0.00210. The van der Waals surface area contributed by atoms with Gasteiger partial charge in [-0.25, -0.2) is 0 Å². The first-order valence-corrected chi connectivity index (χ1v) is 5.83. The van der Waals surface area contributed by atoms with Crippen LogP contribution in [0, 0.1) is 6.92 Å². The van der Waals surface area contributed by atoms with Gasteiger partial charge in [0.25, 0.3) is 0 Å². The van der Waals surface area contributed by atoms with Gasteiger partial charge in [-0.15, -0.1) is 0 Å². The van der Waals surface area contributed by atoms with Crippen LogP contribution in [0.4, 0.5) is 5.95 Å².